The van der Waals surface area contributed by atoms with E-state index in [2.05, 4.69) is 20.3 Å². The molecule has 0 atom stereocenters. The van der Waals surface area contributed by atoms with Crippen molar-refractivity contribution in [1.29, 1.82) is 0 Å². The molecule has 0 radical (unpaired) electrons. The van der Waals surface area contributed by atoms with E-state index in [4.69, 9.17) is 0 Å². The number of rotatable bonds is 5. The zero-order valence-electron chi connectivity index (χ0n) is 15.0. The van der Waals surface area contributed by atoms with Crippen molar-refractivity contribution in [1.82, 2.24) is 15.5 Å². The topological polar surface area (TPSA) is 87.2 Å². The first-order valence-corrected chi connectivity index (χ1v) is 8.31. The first-order chi connectivity index (χ1) is 13.6. The number of aromatic nitrogens is 2. The number of alkyl halides is 3. The fourth-order valence-electron chi connectivity index (χ4n) is 2.66. The smallest absolute Gasteiger partial charge is 0.504 e. The highest BCUT2D eigenvalue weighted by Gasteiger charge is 2.32. The fourth-order valence-corrected chi connectivity index (χ4v) is 2.66. The number of phenolic OH excluding ortho intramolecular Hbond substituents is 1. The van der Waals surface area contributed by atoms with E-state index in [0.29, 0.717) is 11.3 Å². The number of phenols is 1. The summed E-state index contributed by atoms with van der Waals surface area (Å²) in [6, 6.07) is 9.14. The van der Waals surface area contributed by atoms with Crippen LogP contribution in [0.2, 0.25) is 0 Å². The van der Waals surface area contributed by atoms with Crippen LogP contribution in [-0.2, 0) is 6.54 Å². The summed E-state index contributed by atoms with van der Waals surface area (Å²) in [5, 5.41) is 18.9. The number of aryl methyl sites for hydroxylation is 1. The van der Waals surface area contributed by atoms with E-state index >= 15 is 0 Å². The molecule has 1 heterocycles. The molecule has 0 fully saturated rings. The molecule has 3 rings (SSSR count). The lowest BCUT2D eigenvalue weighted by atomic mass is 10.1. The standard InChI is InChI=1S/C19H15F4N3O3/c1-10-6-13(17(27)14(20)7-10)15-8-11(25-26-15)9-24-18(28)12-4-2-3-5-16(12)29-19(21,22)23/h2-8,27H,9H2,1H3,(H,24,28)(H,25,26). The van der Waals surface area contributed by atoms with Gasteiger partial charge in [-0.2, -0.15) is 5.10 Å². The average molecular weight is 409 g/mol. The van der Waals surface area contributed by atoms with Crippen LogP contribution in [0.15, 0.2) is 42.5 Å². The van der Waals surface area contributed by atoms with Gasteiger partial charge in [0.25, 0.3) is 5.91 Å². The molecule has 3 aromatic rings. The maximum atomic E-state index is 13.7. The van der Waals surface area contributed by atoms with E-state index < -0.39 is 29.6 Å². The summed E-state index contributed by atoms with van der Waals surface area (Å²) >= 11 is 0. The second-order valence-corrected chi connectivity index (χ2v) is 6.15. The second-order valence-electron chi connectivity index (χ2n) is 6.15. The number of hydrogen-bond donors (Lipinski definition) is 3. The van der Waals surface area contributed by atoms with Crippen LogP contribution < -0.4 is 10.1 Å². The van der Waals surface area contributed by atoms with Gasteiger partial charge in [0, 0.05) is 5.56 Å². The van der Waals surface area contributed by atoms with Crippen molar-refractivity contribution in [2.75, 3.05) is 0 Å². The van der Waals surface area contributed by atoms with Crippen LogP contribution in [0.4, 0.5) is 17.6 Å². The number of carbonyl (C=O) groups is 1. The normalized spacial score (nSPS) is 11.3. The van der Waals surface area contributed by atoms with Crippen LogP contribution in [0.5, 0.6) is 11.5 Å². The molecule has 0 bridgehead atoms. The molecule has 0 aliphatic heterocycles. The third kappa shape index (κ3) is 4.84. The molecule has 0 unspecified atom stereocenters. The van der Waals surface area contributed by atoms with Crippen molar-refractivity contribution in [3.63, 3.8) is 0 Å². The lowest BCUT2D eigenvalue weighted by Crippen LogP contribution is -2.25. The minimum absolute atomic E-state index is 0.0960. The van der Waals surface area contributed by atoms with E-state index in [0.717, 1.165) is 6.07 Å². The Hall–Kier alpha value is -3.56. The SMILES string of the molecule is Cc1cc(F)c(O)c(-c2cc(CNC(=O)c3ccccc3OC(F)(F)F)[nH]n2)c1. The van der Waals surface area contributed by atoms with Gasteiger partial charge in [-0.3, -0.25) is 9.89 Å². The molecule has 29 heavy (non-hydrogen) atoms. The lowest BCUT2D eigenvalue weighted by molar-refractivity contribution is -0.274. The highest BCUT2D eigenvalue weighted by molar-refractivity contribution is 5.96. The quantitative estimate of drug-likeness (QED) is 0.555. The van der Waals surface area contributed by atoms with Crippen LogP contribution >= 0.6 is 0 Å². The Morgan fingerprint density at radius 3 is 2.69 bits per heavy atom. The summed E-state index contributed by atoms with van der Waals surface area (Å²) < 4.78 is 55.0. The van der Waals surface area contributed by atoms with Gasteiger partial charge in [-0.05, 0) is 42.8 Å². The van der Waals surface area contributed by atoms with Gasteiger partial charge in [0.05, 0.1) is 23.5 Å². The van der Waals surface area contributed by atoms with Crippen molar-refractivity contribution in [3.8, 4) is 22.8 Å². The van der Waals surface area contributed by atoms with E-state index in [9.17, 15) is 27.5 Å². The Morgan fingerprint density at radius 1 is 1.24 bits per heavy atom. The lowest BCUT2D eigenvalue weighted by Gasteiger charge is -2.12. The van der Waals surface area contributed by atoms with E-state index in [-0.39, 0.29) is 23.4 Å². The average Bonchev–Trinajstić information content (AvgIpc) is 3.10. The predicted molar refractivity (Wildman–Crippen MR) is 94.7 cm³/mol. The third-order valence-electron chi connectivity index (χ3n) is 3.91. The zero-order chi connectivity index (χ0) is 21.2. The monoisotopic (exact) mass is 409 g/mol. The molecule has 1 aromatic heterocycles. The molecule has 3 N–H and O–H groups in total. The van der Waals surface area contributed by atoms with Crippen molar-refractivity contribution in [2.24, 2.45) is 0 Å². The maximum Gasteiger partial charge on any atom is 0.573 e. The summed E-state index contributed by atoms with van der Waals surface area (Å²) in [7, 11) is 0. The number of hydrogen-bond acceptors (Lipinski definition) is 4. The van der Waals surface area contributed by atoms with Crippen LogP contribution in [0.1, 0.15) is 21.6 Å². The number of para-hydroxylation sites is 1. The molecular formula is C19H15F4N3O3. The summed E-state index contributed by atoms with van der Waals surface area (Å²) in [5.41, 5.74) is 1.09. The predicted octanol–water partition coefficient (Wildman–Crippen LogP) is 4.06. The highest BCUT2D eigenvalue weighted by atomic mass is 19.4. The zero-order valence-corrected chi connectivity index (χ0v) is 15.0. The number of ether oxygens (including phenoxy) is 1. The number of halogens is 4. The number of benzene rings is 2. The number of H-pyrrole nitrogens is 1. The van der Waals surface area contributed by atoms with Gasteiger partial charge in [0.2, 0.25) is 0 Å². The highest BCUT2D eigenvalue weighted by Crippen LogP contribution is 2.32. The van der Waals surface area contributed by atoms with Gasteiger partial charge in [-0.25, -0.2) is 4.39 Å². The largest absolute Gasteiger partial charge is 0.573 e. The molecule has 0 spiro atoms. The molecule has 0 aliphatic rings. The van der Waals surface area contributed by atoms with Gasteiger partial charge in [-0.1, -0.05) is 12.1 Å². The Bertz CT molecular complexity index is 1050. The minimum Gasteiger partial charge on any atom is -0.504 e. The van der Waals surface area contributed by atoms with Gasteiger partial charge < -0.3 is 15.2 Å². The summed E-state index contributed by atoms with van der Waals surface area (Å²) in [5.74, 6) is -2.76. The number of carbonyl (C=O) groups excluding carboxylic acids is 1. The van der Waals surface area contributed by atoms with Crippen molar-refractivity contribution < 1.29 is 32.2 Å². The molecule has 0 aliphatic carbocycles. The van der Waals surface area contributed by atoms with Gasteiger partial charge in [-0.15, -0.1) is 13.2 Å². The summed E-state index contributed by atoms with van der Waals surface area (Å²) in [6.07, 6.45) is -4.93. The number of amides is 1. The number of nitrogens with one attached hydrogen (secondary N) is 2. The summed E-state index contributed by atoms with van der Waals surface area (Å²) in [4.78, 5) is 12.3. The van der Waals surface area contributed by atoms with Gasteiger partial charge >= 0.3 is 6.36 Å². The Labute approximate surface area is 162 Å². The Kier molecular flexibility index (Phi) is 5.44. The molecule has 10 heteroatoms. The van der Waals surface area contributed by atoms with Crippen LogP contribution in [0.3, 0.4) is 0 Å². The Morgan fingerprint density at radius 2 is 1.97 bits per heavy atom. The molecule has 152 valence electrons. The summed E-state index contributed by atoms with van der Waals surface area (Å²) in [6.45, 7) is 1.56. The number of aromatic hydroxyl groups is 1. The molecule has 2 aromatic carbocycles. The Balaban J connectivity index is 1.73. The molecule has 6 nitrogen and oxygen atoms in total. The van der Waals surface area contributed by atoms with E-state index in [1.807, 2.05) is 0 Å². The van der Waals surface area contributed by atoms with E-state index in [1.165, 1.54) is 30.3 Å². The maximum absolute atomic E-state index is 13.7. The molecular weight excluding hydrogens is 394 g/mol. The van der Waals surface area contributed by atoms with Crippen molar-refractivity contribution in [2.45, 2.75) is 19.8 Å². The third-order valence-corrected chi connectivity index (χ3v) is 3.91. The second kappa shape index (κ2) is 7.82. The van der Waals surface area contributed by atoms with Crippen LogP contribution in [0.25, 0.3) is 11.3 Å². The fraction of sp³-hybridized carbons (Fsp3) is 0.158. The molecule has 0 saturated carbocycles. The molecule has 0 saturated heterocycles. The van der Waals surface area contributed by atoms with Crippen molar-refractivity contribution in [3.05, 3.63) is 65.1 Å². The number of nitrogens with zero attached hydrogens (tertiary/aromatic N) is 1. The van der Waals surface area contributed by atoms with Crippen LogP contribution in [-0.4, -0.2) is 27.6 Å². The van der Waals surface area contributed by atoms with Crippen LogP contribution in [0, 0.1) is 12.7 Å². The van der Waals surface area contributed by atoms with Crippen molar-refractivity contribution >= 4 is 5.91 Å². The first-order valence-electron chi connectivity index (χ1n) is 8.31. The number of aromatic amines is 1. The molecule has 1 amide bonds. The van der Waals surface area contributed by atoms with Gasteiger partial charge in [0.15, 0.2) is 11.6 Å². The minimum atomic E-state index is -4.93. The first kappa shape index (κ1) is 20.2. The van der Waals surface area contributed by atoms with Gasteiger partial charge in [0.1, 0.15) is 5.75 Å². The van der Waals surface area contributed by atoms with E-state index in [1.54, 1.807) is 13.0 Å².